The maximum Gasteiger partial charge on any atom is 0.00795 e. The molecule has 1 aliphatic heterocycles. The standard InChI is InChI=1S/C16H32N2/c1-16(2,3)14-7-8-15(17)13(11-14)12-18-9-5-4-6-10-18/h13-15H,4-12,17H2,1-3H3. The van der Waals surface area contributed by atoms with Crippen molar-refractivity contribution in [2.24, 2.45) is 23.0 Å². The van der Waals surface area contributed by atoms with E-state index in [4.69, 9.17) is 5.73 Å². The summed E-state index contributed by atoms with van der Waals surface area (Å²) in [5, 5.41) is 0. The molecule has 0 radical (unpaired) electrons. The van der Waals surface area contributed by atoms with Crippen LogP contribution in [0, 0.1) is 17.3 Å². The van der Waals surface area contributed by atoms with Crippen molar-refractivity contribution in [1.29, 1.82) is 0 Å². The van der Waals surface area contributed by atoms with Crippen LogP contribution in [0.25, 0.3) is 0 Å². The molecule has 1 aliphatic carbocycles. The van der Waals surface area contributed by atoms with E-state index in [1.807, 2.05) is 0 Å². The lowest BCUT2D eigenvalue weighted by Crippen LogP contribution is -2.46. The van der Waals surface area contributed by atoms with Gasteiger partial charge in [0, 0.05) is 12.6 Å². The highest BCUT2D eigenvalue weighted by Crippen LogP contribution is 2.40. The number of nitrogens with zero attached hydrogens (tertiary/aromatic N) is 1. The third-order valence-corrected chi connectivity index (χ3v) is 5.21. The molecule has 2 rings (SSSR count). The first-order valence-electron chi connectivity index (χ1n) is 7.95. The Bertz CT molecular complexity index is 250. The summed E-state index contributed by atoms with van der Waals surface area (Å²) >= 11 is 0. The molecule has 2 aliphatic rings. The number of hydrogen-bond donors (Lipinski definition) is 1. The van der Waals surface area contributed by atoms with E-state index in [1.54, 1.807) is 0 Å². The zero-order valence-corrected chi connectivity index (χ0v) is 12.6. The second kappa shape index (κ2) is 5.92. The lowest BCUT2D eigenvalue weighted by molar-refractivity contribution is 0.0925. The van der Waals surface area contributed by atoms with Crippen LogP contribution in [0.15, 0.2) is 0 Å². The smallest absolute Gasteiger partial charge is 0.00795 e. The summed E-state index contributed by atoms with van der Waals surface area (Å²) in [7, 11) is 0. The Hall–Kier alpha value is -0.0800. The summed E-state index contributed by atoms with van der Waals surface area (Å²) in [5.41, 5.74) is 6.83. The number of likely N-dealkylation sites (tertiary alicyclic amines) is 1. The van der Waals surface area contributed by atoms with Gasteiger partial charge in [-0.3, -0.25) is 0 Å². The first-order chi connectivity index (χ1) is 8.47. The van der Waals surface area contributed by atoms with Crippen molar-refractivity contribution in [3.05, 3.63) is 0 Å². The van der Waals surface area contributed by atoms with Gasteiger partial charge < -0.3 is 10.6 Å². The summed E-state index contributed by atoms with van der Waals surface area (Å²) in [6.45, 7) is 11.1. The molecule has 3 unspecified atom stereocenters. The number of rotatable bonds is 2. The maximum atomic E-state index is 6.37. The summed E-state index contributed by atoms with van der Waals surface area (Å²) < 4.78 is 0. The molecule has 3 atom stereocenters. The van der Waals surface area contributed by atoms with E-state index in [2.05, 4.69) is 25.7 Å². The molecule has 18 heavy (non-hydrogen) atoms. The summed E-state index contributed by atoms with van der Waals surface area (Å²) in [6, 6.07) is 0.450. The predicted molar refractivity (Wildman–Crippen MR) is 78.6 cm³/mol. The van der Waals surface area contributed by atoms with Crippen molar-refractivity contribution in [1.82, 2.24) is 4.90 Å². The Morgan fingerprint density at radius 1 is 1.06 bits per heavy atom. The Morgan fingerprint density at radius 3 is 2.33 bits per heavy atom. The Morgan fingerprint density at radius 2 is 1.72 bits per heavy atom. The molecule has 0 bridgehead atoms. The van der Waals surface area contributed by atoms with Gasteiger partial charge in [-0.2, -0.15) is 0 Å². The van der Waals surface area contributed by atoms with E-state index >= 15 is 0 Å². The van der Waals surface area contributed by atoms with Gasteiger partial charge in [0.05, 0.1) is 0 Å². The lowest BCUT2D eigenvalue weighted by Gasteiger charge is -2.42. The normalized spacial score (nSPS) is 35.7. The molecule has 0 aromatic rings. The molecule has 0 aromatic heterocycles. The maximum absolute atomic E-state index is 6.37. The molecule has 2 fully saturated rings. The molecule has 1 saturated heterocycles. The highest BCUT2D eigenvalue weighted by Gasteiger charge is 2.35. The van der Waals surface area contributed by atoms with Crippen molar-refractivity contribution in [2.75, 3.05) is 19.6 Å². The third kappa shape index (κ3) is 3.71. The summed E-state index contributed by atoms with van der Waals surface area (Å²) in [5.74, 6) is 1.60. The number of hydrogen-bond acceptors (Lipinski definition) is 2. The van der Waals surface area contributed by atoms with Crippen molar-refractivity contribution in [3.8, 4) is 0 Å². The molecule has 2 heteroatoms. The van der Waals surface area contributed by atoms with E-state index in [1.165, 1.54) is 58.2 Å². The molecule has 2 N–H and O–H groups in total. The minimum atomic E-state index is 0.450. The van der Waals surface area contributed by atoms with Gasteiger partial charge in [0.15, 0.2) is 0 Å². The van der Waals surface area contributed by atoms with Gasteiger partial charge in [0.1, 0.15) is 0 Å². The second-order valence-corrected chi connectivity index (χ2v) is 7.66. The van der Waals surface area contributed by atoms with Gasteiger partial charge in [-0.25, -0.2) is 0 Å². The average Bonchev–Trinajstić information content (AvgIpc) is 2.32. The van der Waals surface area contributed by atoms with Crippen LogP contribution in [0.5, 0.6) is 0 Å². The lowest BCUT2D eigenvalue weighted by atomic mass is 9.67. The topological polar surface area (TPSA) is 29.3 Å². The zero-order valence-electron chi connectivity index (χ0n) is 12.6. The van der Waals surface area contributed by atoms with Gasteiger partial charge in [-0.1, -0.05) is 27.2 Å². The molecule has 0 amide bonds. The van der Waals surface area contributed by atoms with Gasteiger partial charge in [0.25, 0.3) is 0 Å². The minimum Gasteiger partial charge on any atom is -0.327 e. The van der Waals surface area contributed by atoms with E-state index < -0.39 is 0 Å². The van der Waals surface area contributed by atoms with Crippen LogP contribution in [0.2, 0.25) is 0 Å². The van der Waals surface area contributed by atoms with E-state index in [0.717, 1.165) is 11.8 Å². The third-order valence-electron chi connectivity index (χ3n) is 5.21. The highest BCUT2D eigenvalue weighted by molar-refractivity contribution is 4.89. The van der Waals surface area contributed by atoms with E-state index in [9.17, 15) is 0 Å². The van der Waals surface area contributed by atoms with Crippen LogP contribution in [0.3, 0.4) is 0 Å². The van der Waals surface area contributed by atoms with Crippen molar-refractivity contribution < 1.29 is 0 Å². The predicted octanol–water partition coefficient (Wildman–Crippen LogP) is 3.26. The fourth-order valence-electron chi connectivity index (χ4n) is 3.76. The average molecular weight is 252 g/mol. The molecular formula is C16H32N2. The van der Waals surface area contributed by atoms with Gasteiger partial charge in [0.2, 0.25) is 0 Å². The first-order valence-corrected chi connectivity index (χ1v) is 7.95. The van der Waals surface area contributed by atoms with Crippen molar-refractivity contribution in [2.45, 2.75) is 65.3 Å². The van der Waals surface area contributed by atoms with Crippen LogP contribution >= 0.6 is 0 Å². The molecule has 1 heterocycles. The van der Waals surface area contributed by atoms with E-state index in [0.29, 0.717) is 11.5 Å². The molecule has 106 valence electrons. The second-order valence-electron chi connectivity index (χ2n) is 7.66. The molecule has 0 spiro atoms. The summed E-state index contributed by atoms with van der Waals surface area (Å²) in [4.78, 5) is 2.67. The first kappa shape index (κ1) is 14.3. The largest absolute Gasteiger partial charge is 0.327 e. The summed E-state index contributed by atoms with van der Waals surface area (Å²) in [6.07, 6.45) is 8.13. The highest BCUT2D eigenvalue weighted by atomic mass is 15.1. The number of piperidine rings is 1. The quantitative estimate of drug-likeness (QED) is 0.817. The van der Waals surface area contributed by atoms with Crippen LogP contribution in [0.1, 0.15) is 59.3 Å². The molecule has 2 nitrogen and oxygen atoms in total. The van der Waals surface area contributed by atoms with Gasteiger partial charge in [-0.05, 0) is 62.4 Å². The fraction of sp³-hybridized carbons (Fsp3) is 1.00. The van der Waals surface area contributed by atoms with Crippen molar-refractivity contribution >= 4 is 0 Å². The SMILES string of the molecule is CC(C)(C)C1CCC(N)C(CN2CCCCC2)C1. The van der Waals surface area contributed by atoms with Gasteiger partial charge >= 0.3 is 0 Å². The fourth-order valence-corrected chi connectivity index (χ4v) is 3.76. The van der Waals surface area contributed by atoms with Crippen LogP contribution < -0.4 is 5.73 Å². The Labute approximate surface area is 113 Å². The number of nitrogens with two attached hydrogens (primary N) is 1. The van der Waals surface area contributed by atoms with Crippen LogP contribution in [-0.4, -0.2) is 30.6 Å². The van der Waals surface area contributed by atoms with Crippen molar-refractivity contribution in [3.63, 3.8) is 0 Å². The minimum absolute atomic E-state index is 0.450. The van der Waals surface area contributed by atoms with E-state index in [-0.39, 0.29) is 0 Å². The molecule has 0 aromatic carbocycles. The monoisotopic (exact) mass is 252 g/mol. The zero-order chi connectivity index (χ0) is 13.2. The van der Waals surface area contributed by atoms with Crippen LogP contribution in [-0.2, 0) is 0 Å². The van der Waals surface area contributed by atoms with Crippen LogP contribution in [0.4, 0.5) is 0 Å². The molecule has 1 saturated carbocycles. The molecular weight excluding hydrogens is 220 g/mol. The Kier molecular flexibility index (Phi) is 4.71. The Balaban J connectivity index is 1.88. The van der Waals surface area contributed by atoms with Gasteiger partial charge in [-0.15, -0.1) is 0 Å².